The average molecular weight is 328 g/mol. The summed E-state index contributed by atoms with van der Waals surface area (Å²) < 4.78 is 38.5. The van der Waals surface area contributed by atoms with Crippen LogP contribution < -0.4 is 11.1 Å². The number of alkyl halides is 3. The molecule has 3 N–H and O–H groups in total. The van der Waals surface area contributed by atoms with E-state index in [4.69, 9.17) is 5.73 Å². The maximum atomic E-state index is 12.8. The molecule has 23 heavy (non-hydrogen) atoms. The highest BCUT2D eigenvalue weighted by Crippen LogP contribution is 2.40. The van der Waals surface area contributed by atoms with Gasteiger partial charge in [-0.2, -0.15) is 13.2 Å². The predicted octanol–water partition coefficient (Wildman–Crippen LogP) is 2.70. The minimum atomic E-state index is -4.29. The Balaban J connectivity index is 2.06. The van der Waals surface area contributed by atoms with Gasteiger partial charge in [-0.15, -0.1) is 0 Å². The van der Waals surface area contributed by atoms with Crippen LogP contribution in [0.5, 0.6) is 0 Å². The number of hydrogen-bond acceptors (Lipinski definition) is 2. The lowest BCUT2D eigenvalue weighted by Gasteiger charge is -2.30. The van der Waals surface area contributed by atoms with Crippen LogP contribution in [0, 0.1) is 11.8 Å². The van der Waals surface area contributed by atoms with Crippen LogP contribution in [0.15, 0.2) is 30.3 Å². The molecular weight excluding hydrogens is 309 g/mol. The first kappa shape index (κ1) is 17.3. The summed E-state index contributed by atoms with van der Waals surface area (Å²) in [6.07, 6.45) is -3.75. The van der Waals surface area contributed by atoms with Gasteiger partial charge in [-0.25, -0.2) is 0 Å². The lowest BCUT2D eigenvalue weighted by Crippen LogP contribution is -2.42. The Morgan fingerprint density at radius 2 is 1.83 bits per heavy atom. The Morgan fingerprint density at radius 1 is 1.17 bits per heavy atom. The van der Waals surface area contributed by atoms with Crippen LogP contribution in [0.3, 0.4) is 0 Å². The molecule has 0 aliphatic heterocycles. The van der Waals surface area contributed by atoms with E-state index in [1.807, 2.05) is 0 Å². The van der Waals surface area contributed by atoms with Crippen LogP contribution in [0.4, 0.5) is 13.2 Å². The molecule has 0 spiro atoms. The van der Waals surface area contributed by atoms with Crippen molar-refractivity contribution in [2.24, 2.45) is 17.6 Å². The molecule has 0 unspecified atom stereocenters. The van der Waals surface area contributed by atoms with Crippen LogP contribution in [-0.2, 0) is 9.59 Å². The fourth-order valence-corrected chi connectivity index (χ4v) is 2.95. The second kappa shape index (κ2) is 7.02. The molecule has 1 saturated carbocycles. The average Bonchev–Trinajstić information content (AvgIpc) is 2.52. The predicted molar refractivity (Wildman–Crippen MR) is 78.0 cm³/mol. The molecule has 0 bridgehead atoms. The first-order valence-electron chi connectivity index (χ1n) is 7.50. The number of rotatable bonds is 4. The van der Waals surface area contributed by atoms with Crippen molar-refractivity contribution in [3.8, 4) is 0 Å². The Labute approximate surface area is 132 Å². The van der Waals surface area contributed by atoms with Crippen LogP contribution in [-0.4, -0.2) is 18.0 Å². The number of benzene rings is 1. The van der Waals surface area contributed by atoms with E-state index in [1.54, 1.807) is 30.3 Å². The molecule has 126 valence electrons. The molecule has 0 radical (unpaired) electrons. The van der Waals surface area contributed by atoms with E-state index in [0.29, 0.717) is 18.4 Å². The Bertz CT molecular complexity index is 560. The van der Waals surface area contributed by atoms with Gasteiger partial charge < -0.3 is 11.1 Å². The zero-order valence-corrected chi connectivity index (χ0v) is 12.5. The number of nitrogens with two attached hydrogens (primary N) is 1. The van der Waals surface area contributed by atoms with Crippen LogP contribution in [0.25, 0.3) is 0 Å². The van der Waals surface area contributed by atoms with E-state index in [1.165, 1.54) is 0 Å². The number of carbonyl (C=O) groups is 2. The molecule has 4 nitrogen and oxygen atoms in total. The maximum absolute atomic E-state index is 12.8. The van der Waals surface area contributed by atoms with E-state index < -0.39 is 35.9 Å². The molecule has 3 atom stereocenters. The van der Waals surface area contributed by atoms with Gasteiger partial charge in [0.25, 0.3) is 0 Å². The first-order valence-corrected chi connectivity index (χ1v) is 7.50. The highest BCUT2D eigenvalue weighted by molar-refractivity contribution is 5.88. The third-order valence-electron chi connectivity index (χ3n) is 4.21. The number of nitrogens with one attached hydrogen (secondary N) is 1. The highest BCUT2D eigenvalue weighted by atomic mass is 19.4. The number of hydrogen-bond donors (Lipinski definition) is 2. The zero-order valence-electron chi connectivity index (χ0n) is 12.5. The topological polar surface area (TPSA) is 72.2 Å². The van der Waals surface area contributed by atoms with Gasteiger partial charge in [-0.05, 0) is 24.8 Å². The van der Waals surface area contributed by atoms with Gasteiger partial charge in [-0.3, -0.25) is 9.59 Å². The normalized spacial score (nSPS) is 23.1. The van der Waals surface area contributed by atoms with Gasteiger partial charge in [0, 0.05) is 5.92 Å². The van der Waals surface area contributed by atoms with Gasteiger partial charge in [0.1, 0.15) is 6.04 Å². The molecule has 1 aliphatic rings. The largest absolute Gasteiger partial charge is 0.391 e. The first-order chi connectivity index (χ1) is 10.8. The number of halogens is 3. The van der Waals surface area contributed by atoms with E-state index >= 15 is 0 Å². The van der Waals surface area contributed by atoms with Gasteiger partial charge in [0.05, 0.1) is 5.92 Å². The Kier molecular flexibility index (Phi) is 5.28. The van der Waals surface area contributed by atoms with Gasteiger partial charge in [-0.1, -0.05) is 36.8 Å². The van der Waals surface area contributed by atoms with Crippen molar-refractivity contribution < 1.29 is 22.8 Å². The van der Waals surface area contributed by atoms with Crippen LogP contribution in [0.1, 0.15) is 37.3 Å². The summed E-state index contributed by atoms with van der Waals surface area (Å²) in [5.74, 6) is -3.50. The number of primary amides is 1. The second-order valence-corrected chi connectivity index (χ2v) is 5.86. The summed E-state index contributed by atoms with van der Waals surface area (Å²) in [4.78, 5) is 23.8. The van der Waals surface area contributed by atoms with Gasteiger partial charge in [0.15, 0.2) is 0 Å². The van der Waals surface area contributed by atoms with E-state index in [2.05, 4.69) is 5.32 Å². The molecule has 1 aromatic rings. The van der Waals surface area contributed by atoms with Crippen LogP contribution >= 0.6 is 0 Å². The molecule has 1 aromatic carbocycles. The minimum absolute atomic E-state index is 0.0468. The molecule has 0 saturated heterocycles. The summed E-state index contributed by atoms with van der Waals surface area (Å²) in [6.45, 7) is 0. The monoisotopic (exact) mass is 328 g/mol. The summed E-state index contributed by atoms with van der Waals surface area (Å²) in [5, 5.41) is 2.49. The van der Waals surface area contributed by atoms with Crippen molar-refractivity contribution in [1.82, 2.24) is 5.32 Å². The SMILES string of the molecule is NC(=O)[C@H](NC(=O)[C@@H]1CCC[C@@H](C(F)(F)F)C1)c1ccccc1. The number of carbonyl (C=O) groups excluding carboxylic acids is 2. The van der Waals surface area contributed by atoms with Crippen molar-refractivity contribution in [3.05, 3.63) is 35.9 Å². The summed E-state index contributed by atoms with van der Waals surface area (Å²) in [5.41, 5.74) is 5.82. The van der Waals surface area contributed by atoms with E-state index in [0.717, 1.165) is 0 Å². The van der Waals surface area contributed by atoms with E-state index in [-0.39, 0.29) is 12.8 Å². The Morgan fingerprint density at radius 3 is 2.39 bits per heavy atom. The second-order valence-electron chi connectivity index (χ2n) is 5.86. The molecule has 2 rings (SSSR count). The number of amides is 2. The smallest absolute Gasteiger partial charge is 0.368 e. The summed E-state index contributed by atoms with van der Waals surface area (Å²) in [7, 11) is 0. The van der Waals surface area contributed by atoms with Crippen molar-refractivity contribution in [3.63, 3.8) is 0 Å². The Hall–Kier alpha value is -2.05. The minimum Gasteiger partial charge on any atom is -0.368 e. The fraction of sp³-hybridized carbons (Fsp3) is 0.500. The van der Waals surface area contributed by atoms with E-state index in [9.17, 15) is 22.8 Å². The molecule has 1 fully saturated rings. The third-order valence-corrected chi connectivity index (χ3v) is 4.21. The van der Waals surface area contributed by atoms with Gasteiger partial charge in [0.2, 0.25) is 11.8 Å². The van der Waals surface area contributed by atoms with Crippen molar-refractivity contribution in [1.29, 1.82) is 0 Å². The molecule has 2 amide bonds. The van der Waals surface area contributed by atoms with Crippen molar-refractivity contribution in [2.75, 3.05) is 0 Å². The summed E-state index contributed by atoms with van der Waals surface area (Å²) >= 11 is 0. The van der Waals surface area contributed by atoms with Crippen LogP contribution in [0.2, 0.25) is 0 Å². The lowest BCUT2D eigenvalue weighted by molar-refractivity contribution is -0.186. The molecular formula is C16H19F3N2O2. The summed E-state index contributed by atoms with van der Waals surface area (Å²) in [6, 6.07) is 7.37. The molecule has 0 heterocycles. The van der Waals surface area contributed by atoms with Gasteiger partial charge >= 0.3 is 6.18 Å². The highest BCUT2D eigenvalue weighted by Gasteiger charge is 2.43. The zero-order chi connectivity index (χ0) is 17.0. The van der Waals surface area contributed by atoms with Crippen molar-refractivity contribution >= 4 is 11.8 Å². The standard InChI is InChI=1S/C16H19F3N2O2/c17-16(18,19)12-8-4-7-11(9-12)15(23)21-13(14(20)22)10-5-2-1-3-6-10/h1-3,5-6,11-13H,4,7-9H2,(H2,20,22)(H,21,23)/t11-,12-,13-/m1/s1. The maximum Gasteiger partial charge on any atom is 0.391 e. The van der Waals surface area contributed by atoms with Crippen molar-refractivity contribution in [2.45, 2.75) is 37.9 Å². The quantitative estimate of drug-likeness (QED) is 0.892. The molecule has 0 aromatic heterocycles. The fourth-order valence-electron chi connectivity index (χ4n) is 2.95. The molecule has 7 heteroatoms. The lowest BCUT2D eigenvalue weighted by atomic mass is 9.80. The molecule has 1 aliphatic carbocycles. The third kappa shape index (κ3) is 4.46.